The van der Waals surface area contributed by atoms with Crippen LogP contribution in [0.15, 0.2) is 18.2 Å². The van der Waals surface area contributed by atoms with Crippen molar-refractivity contribution in [1.82, 2.24) is 4.98 Å². The van der Waals surface area contributed by atoms with Crippen LogP contribution in [0, 0.1) is 6.92 Å². The smallest absolute Gasteiger partial charge is 0.0605 e. The van der Waals surface area contributed by atoms with Crippen molar-refractivity contribution in [3.05, 3.63) is 35.2 Å². The van der Waals surface area contributed by atoms with E-state index in [0.29, 0.717) is 0 Å². The Labute approximate surface area is 72.1 Å². The molecular weight excluding hydrogens is 148 g/mol. The normalized spacial score (nSPS) is 14.4. The van der Waals surface area contributed by atoms with Gasteiger partial charge >= 0.3 is 0 Å². The molecule has 1 aliphatic carbocycles. The van der Waals surface area contributed by atoms with E-state index in [4.69, 9.17) is 5.73 Å². The second kappa shape index (κ2) is 2.63. The summed E-state index contributed by atoms with van der Waals surface area (Å²) in [6.07, 6.45) is 6.26. The van der Waals surface area contributed by atoms with E-state index in [1.54, 1.807) is 0 Å². The zero-order valence-electron chi connectivity index (χ0n) is 7.17. The topological polar surface area (TPSA) is 38.9 Å². The number of hydrogen-bond acceptors (Lipinski definition) is 2. The molecule has 0 unspecified atom stereocenters. The predicted molar refractivity (Wildman–Crippen MR) is 49.9 cm³/mol. The number of hydrogen-bond donors (Lipinski definition) is 1. The van der Waals surface area contributed by atoms with Crippen LogP contribution >= 0.6 is 0 Å². The minimum absolute atomic E-state index is 0.809. The van der Waals surface area contributed by atoms with Crippen molar-refractivity contribution in [2.75, 3.05) is 5.73 Å². The lowest BCUT2D eigenvalue weighted by Gasteiger charge is -2.11. The van der Waals surface area contributed by atoms with E-state index in [1.807, 2.05) is 13.0 Å². The molecule has 1 heterocycles. The Morgan fingerprint density at radius 2 is 2.08 bits per heavy atom. The quantitative estimate of drug-likeness (QED) is 0.586. The van der Waals surface area contributed by atoms with Crippen molar-refractivity contribution in [3.8, 4) is 0 Å². The Hall–Kier alpha value is -1.31. The van der Waals surface area contributed by atoms with E-state index in [9.17, 15) is 0 Å². The first-order valence-corrected chi connectivity index (χ1v) is 4.17. The van der Waals surface area contributed by atoms with Crippen LogP contribution in [0.2, 0.25) is 0 Å². The molecule has 1 aromatic heterocycles. The Bertz CT molecular complexity index is 307. The second-order valence-corrected chi connectivity index (χ2v) is 3.15. The average molecular weight is 160 g/mol. The number of fused-ring (bicyclic) bond motifs is 1. The van der Waals surface area contributed by atoms with Gasteiger partial charge in [0.25, 0.3) is 0 Å². The lowest BCUT2D eigenvalue weighted by atomic mass is 10.0. The Morgan fingerprint density at radius 1 is 1.33 bits per heavy atom. The number of rotatable bonds is 0. The van der Waals surface area contributed by atoms with Crippen LogP contribution in [0.25, 0.3) is 0 Å². The van der Waals surface area contributed by atoms with Gasteiger partial charge in [0, 0.05) is 12.1 Å². The highest BCUT2D eigenvalue weighted by molar-refractivity contribution is 5.47. The fraction of sp³-hybridized carbons (Fsp3) is 0.300. The Balaban J connectivity index is 2.53. The molecular formula is C10H12N2. The third kappa shape index (κ3) is 1.09. The molecule has 0 spiro atoms. The summed E-state index contributed by atoms with van der Waals surface area (Å²) in [6, 6.07) is 2.04. The number of allylic oxidation sites excluding steroid dienone is 2. The van der Waals surface area contributed by atoms with Crippen molar-refractivity contribution >= 4 is 5.69 Å². The summed E-state index contributed by atoms with van der Waals surface area (Å²) < 4.78 is 0. The number of pyridine rings is 1. The molecule has 2 heteroatoms. The zero-order valence-corrected chi connectivity index (χ0v) is 7.17. The van der Waals surface area contributed by atoms with Gasteiger partial charge in [-0.3, -0.25) is 4.98 Å². The Morgan fingerprint density at radius 3 is 2.92 bits per heavy atom. The number of nitrogens with zero attached hydrogens (tertiary/aromatic N) is 1. The lowest BCUT2D eigenvalue weighted by Crippen LogP contribution is -2.04. The van der Waals surface area contributed by atoms with Crippen LogP contribution in [0.5, 0.6) is 0 Å². The molecule has 0 atom stereocenters. The van der Waals surface area contributed by atoms with Crippen molar-refractivity contribution in [1.29, 1.82) is 0 Å². The number of aromatic nitrogens is 1. The van der Waals surface area contributed by atoms with Gasteiger partial charge < -0.3 is 5.73 Å². The fourth-order valence-corrected chi connectivity index (χ4v) is 1.47. The third-order valence-electron chi connectivity index (χ3n) is 2.24. The fourth-order valence-electron chi connectivity index (χ4n) is 1.47. The molecule has 0 amide bonds. The molecule has 2 rings (SSSR count). The summed E-state index contributed by atoms with van der Waals surface area (Å²) in [7, 11) is 0. The molecule has 0 radical (unpaired) electrons. The standard InChI is InChI=1S/C10H12N2/c1-7-9(11)6-8-4-2-3-5-10(8)12-7/h2-3,6H,4-5,11H2,1H3. The molecule has 2 N–H and O–H groups in total. The summed E-state index contributed by atoms with van der Waals surface area (Å²) in [5.41, 5.74) is 9.98. The van der Waals surface area contributed by atoms with E-state index in [1.165, 1.54) is 11.3 Å². The summed E-state index contributed by atoms with van der Waals surface area (Å²) >= 11 is 0. The minimum atomic E-state index is 0.809. The van der Waals surface area contributed by atoms with Crippen molar-refractivity contribution in [3.63, 3.8) is 0 Å². The average Bonchev–Trinajstić information content (AvgIpc) is 2.07. The van der Waals surface area contributed by atoms with Crippen molar-refractivity contribution < 1.29 is 0 Å². The molecule has 0 aliphatic heterocycles. The molecule has 0 bridgehead atoms. The third-order valence-corrected chi connectivity index (χ3v) is 2.24. The molecule has 1 aromatic rings. The highest BCUT2D eigenvalue weighted by Gasteiger charge is 2.07. The van der Waals surface area contributed by atoms with E-state index in [2.05, 4.69) is 17.1 Å². The zero-order chi connectivity index (χ0) is 8.55. The second-order valence-electron chi connectivity index (χ2n) is 3.15. The van der Waals surface area contributed by atoms with Gasteiger partial charge in [-0.2, -0.15) is 0 Å². The van der Waals surface area contributed by atoms with Crippen LogP contribution < -0.4 is 5.73 Å². The van der Waals surface area contributed by atoms with E-state index < -0.39 is 0 Å². The highest BCUT2D eigenvalue weighted by Crippen LogP contribution is 2.19. The maximum Gasteiger partial charge on any atom is 0.0605 e. The number of nitrogens with two attached hydrogens (primary N) is 1. The first-order chi connectivity index (χ1) is 5.77. The van der Waals surface area contributed by atoms with Gasteiger partial charge in [-0.05, 0) is 25.0 Å². The summed E-state index contributed by atoms with van der Waals surface area (Å²) in [5, 5.41) is 0. The monoisotopic (exact) mass is 160 g/mol. The van der Waals surface area contributed by atoms with Crippen LogP contribution in [0.4, 0.5) is 5.69 Å². The van der Waals surface area contributed by atoms with Gasteiger partial charge in [-0.15, -0.1) is 0 Å². The molecule has 0 saturated heterocycles. The Kier molecular flexibility index (Phi) is 1.61. The van der Waals surface area contributed by atoms with E-state index >= 15 is 0 Å². The summed E-state index contributed by atoms with van der Waals surface area (Å²) in [4.78, 5) is 4.44. The van der Waals surface area contributed by atoms with E-state index in [-0.39, 0.29) is 0 Å². The largest absolute Gasteiger partial charge is 0.397 e. The maximum atomic E-state index is 5.76. The molecule has 1 aliphatic rings. The van der Waals surface area contributed by atoms with Gasteiger partial charge in [0.15, 0.2) is 0 Å². The SMILES string of the molecule is Cc1nc2c(cc1N)CC=CC2. The molecule has 12 heavy (non-hydrogen) atoms. The van der Waals surface area contributed by atoms with Gasteiger partial charge in [0.2, 0.25) is 0 Å². The van der Waals surface area contributed by atoms with Crippen molar-refractivity contribution in [2.24, 2.45) is 0 Å². The number of nitrogen functional groups attached to an aromatic ring is 1. The number of aryl methyl sites for hydroxylation is 1. The molecule has 62 valence electrons. The van der Waals surface area contributed by atoms with Gasteiger partial charge in [0.05, 0.1) is 11.4 Å². The molecule has 2 nitrogen and oxygen atoms in total. The minimum Gasteiger partial charge on any atom is -0.397 e. The number of anilines is 1. The summed E-state index contributed by atoms with van der Waals surface area (Å²) in [6.45, 7) is 1.95. The predicted octanol–water partition coefficient (Wildman–Crippen LogP) is 1.63. The molecule has 0 saturated carbocycles. The molecule has 0 aromatic carbocycles. The van der Waals surface area contributed by atoms with Crippen LogP contribution in [-0.4, -0.2) is 4.98 Å². The van der Waals surface area contributed by atoms with Crippen molar-refractivity contribution in [2.45, 2.75) is 19.8 Å². The summed E-state index contributed by atoms with van der Waals surface area (Å²) in [5.74, 6) is 0. The first-order valence-electron chi connectivity index (χ1n) is 4.17. The van der Waals surface area contributed by atoms with E-state index in [0.717, 1.165) is 24.2 Å². The van der Waals surface area contributed by atoms with Crippen LogP contribution in [0.1, 0.15) is 17.0 Å². The molecule has 0 fully saturated rings. The van der Waals surface area contributed by atoms with Gasteiger partial charge in [0.1, 0.15) is 0 Å². The lowest BCUT2D eigenvalue weighted by molar-refractivity contribution is 0.981. The maximum absolute atomic E-state index is 5.76. The first kappa shape index (κ1) is 7.35. The van der Waals surface area contributed by atoms with Crippen LogP contribution in [0.3, 0.4) is 0 Å². The highest BCUT2D eigenvalue weighted by atomic mass is 14.8. The van der Waals surface area contributed by atoms with Gasteiger partial charge in [-0.25, -0.2) is 0 Å². The van der Waals surface area contributed by atoms with Crippen LogP contribution in [-0.2, 0) is 12.8 Å². The van der Waals surface area contributed by atoms with Gasteiger partial charge in [-0.1, -0.05) is 12.2 Å².